The van der Waals surface area contributed by atoms with Crippen LogP contribution in [0.2, 0.25) is 10.0 Å². The molecule has 7 heteroatoms. The van der Waals surface area contributed by atoms with Crippen molar-refractivity contribution in [3.05, 3.63) is 27.4 Å². The number of nitriles is 1. The Morgan fingerprint density at radius 3 is 2.77 bits per heavy atom. The quantitative estimate of drug-likeness (QED) is 0.695. The zero-order valence-corrected chi connectivity index (χ0v) is 16.8. The summed E-state index contributed by atoms with van der Waals surface area (Å²) in [6.45, 7) is 7.03. The zero-order valence-electron chi connectivity index (χ0n) is 15.3. The highest BCUT2D eigenvalue weighted by Crippen LogP contribution is 2.40. The number of ether oxygens (including phenoxy) is 3. The molecule has 0 amide bonds. The first-order valence-electron chi connectivity index (χ1n) is 8.84. The Morgan fingerprint density at radius 2 is 2.12 bits per heavy atom. The highest BCUT2D eigenvalue weighted by Gasteiger charge is 2.20. The largest absolute Gasteiger partial charge is 0.478 e. The fourth-order valence-electron chi connectivity index (χ4n) is 2.88. The molecule has 0 radical (unpaired) electrons. The molecule has 1 aromatic carbocycles. The molecule has 0 saturated carbocycles. The number of H-pyrrole nitrogens is 1. The molecule has 26 heavy (non-hydrogen) atoms. The number of nitrogens with one attached hydrogen (secondary N) is 1. The molecule has 142 valence electrons. The summed E-state index contributed by atoms with van der Waals surface area (Å²) >= 11 is 12.5. The van der Waals surface area contributed by atoms with Crippen molar-refractivity contribution in [3.63, 3.8) is 0 Å². The van der Waals surface area contributed by atoms with E-state index in [0.717, 1.165) is 42.5 Å². The molecular formula is C19H24Cl2N2O3. The number of aryl methyl sites for hydroxylation is 1. The number of hydrogen-bond acceptors (Lipinski definition) is 4. The maximum Gasteiger partial charge on any atom is 0.174 e. The van der Waals surface area contributed by atoms with Crippen LogP contribution in [0.1, 0.15) is 44.4 Å². The van der Waals surface area contributed by atoms with E-state index in [0.29, 0.717) is 27.9 Å². The number of nitrogens with zero attached hydrogens (tertiary/aromatic N) is 1. The Labute approximate surface area is 164 Å². The van der Waals surface area contributed by atoms with Gasteiger partial charge in [0.05, 0.1) is 22.2 Å². The van der Waals surface area contributed by atoms with Crippen LogP contribution in [0.4, 0.5) is 0 Å². The van der Waals surface area contributed by atoms with Gasteiger partial charge in [0, 0.05) is 23.8 Å². The van der Waals surface area contributed by atoms with Crippen LogP contribution in [-0.4, -0.2) is 24.5 Å². The summed E-state index contributed by atoms with van der Waals surface area (Å²) in [5.74, 6) is 0.537. The number of benzene rings is 1. The molecule has 0 bridgehead atoms. The van der Waals surface area contributed by atoms with E-state index in [1.807, 2.05) is 26.8 Å². The molecule has 1 aliphatic rings. The maximum atomic E-state index is 8.75. The third-order valence-electron chi connectivity index (χ3n) is 4.13. The van der Waals surface area contributed by atoms with Gasteiger partial charge in [-0.15, -0.1) is 0 Å². The van der Waals surface area contributed by atoms with Crippen molar-refractivity contribution in [2.45, 2.75) is 52.9 Å². The Morgan fingerprint density at radius 1 is 1.35 bits per heavy atom. The topological polar surface area (TPSA) is 67.3 Å². The van der Waals surface area contributed by atoms with Gasteiger partial charge in [-0.3, -0.25) is 0 Å². The van der Waals surface area contributed by atoms with Gasteiger partial charge in [-0.2, -0.15) is 5.26 Å². The highest BCUT2D eigenvalue weighted by atomic mass is 35.5. The average Bonchev–Trinajstić information content (AvgIpc) is 3.01. The minimum Gasteiger partial charge on any atom is -0.478 e. The molecule has 2 aromatic rings. The van der Waals surface area contributed by atoms with E-state index in [1.54, 1.807) is 6.07 Å². The summed E-state index contributed by atoms with van der Waals surface area (Å²) in [7, 11) is 0. The van der Waals surface area contributed by atoms with Crippen LogP contribution in [0.15, 0.2) is 6.07 Å². The second-order valence-electron chi connectivity index (χ2n) is 5.70. The lowest BCUT2D eigenvalue weighted by atomic mass is 10.1. The second-order valence-corrected chi connectivity index (χ2v) is 6.49. The molecule has 5 nitrogen and oxygen atoms in total. The van der Waals surface area contributed by atoms with E-state index in [2.05, 4.69) is 4.98 Å². The Balaban J connectivity index is 0.00000117. The lowest BCUT2D eigenvalue weighted by Crippen LogP contribution is -2.22. The van der Waals surface area contributed by atoms with Crippen molar-refractivity contribution >= 4 is 34.1 Å². The number of halogens is 2. The van der Waals surface area contributed by atoms with Gasteiger partial charge in [-0.25, -0.2) is 0 Å². The predicted octanol–water partition coefficient (Wildman–Crippen LogP) is 5.75. The fourth-order valence-corrected chi connectivity index (χ4v) is 3.27. The van der Waals surface area contributed by atoms with Crippen LogP contribution >= 0.6 is 23.2 Å². The average molecular weight is 399 g/mol. The van der Waals surface area contributed by atoms with Crippen LogP contribution in [0.3, 0.4) is 0 Å². The molecule has 2 heterocycles. The van der Waals surface area contributed by atoms with Gasteiger partial charge < -0.3 is 19.2 Å². The maximum absolute atomic E-state index is 8.75. The normalized spacial score (nSPS) is 16.7. The molecule has 3 rings (SSSR count). The molecular weight excluding hydrogens is 375 g/mol. The summed E-state index contributed by atoms with van der Waals surface area (Å²) in [5, 5.41) is 10.4. The first-order valence-corrected chi connectivity index (χ1v) is 9.59. The van der Waals surface area contributed by atoms with Gasteiger partial charge in [0.2, 0.25) is 0 Å². The first kappa shape index (κ1) is 20.9. The number of aromatic nitrogens is 1. The van der Waals surface area contributed by atoms with E-state index in [9.17, 15) is 0 Å². The fraction of sp³-hybridized carbons (Fsp3) is 0.526. The van der Waals surface area contributed by atoms with Crippen LogP contribution in [0.25, 0.3) is 10.9 Å². The standard InChI is InChI=1S/C17H18Cl2N2O3.C2H6/c1-10-12(9-24-14-4-2-3-6-23-14)21-17-15(10)13(22-7-5-20)8-11(18)16(17)19;1-2/h8,14,21H,2-4,6-7,9H2,1H3;1-2H3. The number of fused-ring (bicyclic) bond motifs is 1. The minimum atomic E-state index is -0.169. The van der Waals surface area contributed by atoms with Gasteiger partial charge in [0.25, 0.3) is 0 Å². The van der Waals surface area contributed by atoms with Crippen LogP contribution in [0, 0.1) is 18.3 Å². The minimum absolute atomic E-state index is 0.0561. The molecule has 1 N–H and O–H groups in total. The van der Waals surface area contributed by atoms with E-state index in [1.165, 1.54) is 0 Å². The van der Waals surface area contributed by atoms with E-state index in [-0.39, 0.29) is 12.9 Å². The van der Waals surface area contributed by atoms with Gasteiger partial charge in [0.15, 0.2) is 12.9 Å². The lowest BCUT2D eigenvalue weighted by molar-refractivity contribution is -0.169. The van der Waals surface area contributed by atoms with E-state index >= 15 is 0 Å². The number of rotatable bonds is 5. The van der Waals surface area contributed by atoms with Crippen LogP contribution in [-0.2, 0) is 16.1 Å². The molecule has 1 fully saturated rings. The Hall–Kier alpha value is -1.45. The molecule has 1 aliphatic heterocycles. The Bertz CT molecular complexity index is 777. The third-order valence-corrected chi connectivity index (χ3v) is 4.92. The second kappa shape index (κ2) is 10.0. The van der Waals surface area contributed by atoms with Crippen molar-refractivity contribution in [1.29, 1.82) is 5.26 Å². The summed E-state index contributed by atoms with van der Waals surface area (Å²) in [4.78, 5) is 3.27. The smallest absolute Gasteiger partial charge is 0.174 e. The van der Waals surface area contributed by atoms with Gasteiger partial charge >= 0.3 is 0 Å². The third kappa shape index (κ3) is 4.63. The lowest BCUT2D eigenvalue weighted by Gasteiger charge is -2.22. The molecule has 1 unspecified atom stereocenters. The van der Waals surface area contributed by atoms with Crippen molar-refractivity contribution in [3.8, 4) is 11.8 Å². The number of hydrogen-bond donors (Lipinski definition) is 1. The van der Waals surface area contributed by atoms with Gasteiger partial charge in [0.1, 0.15) is 11.8 Å². The first-order chi connectivity index (χ1) is 12.6. The summed E-state index contributed by atoms with van der Waals surface area (Å²) in [6, 6.07) is 3.60. The van der Waals surface area contributed by atoms with E-state index < -0.39 is 0 Å². The van der Waals surface area contributed by atoms with Crippen molar-refractivity contribution < 1.29 is 14.2 Å². The van der Waals surface area contributed by atoms with Crippen molar-refractivity contribution in [1.82, 2.24) is 4.98 Å². The van der Waals surface area contributed by atoms with E-state index in [4.69, 9.17) is 42.7 Å². The highest BCUT2D eigenvalue weighted by molar-refractivity contribution is 6.45. The molecule has 0 aliphatic carbocycles. The van der Waals surface area contributed by atoms with Crippen LogP contribution < -0.4 is 4.74 Å². The van der Waals surface area contributed by atoms with Crippen molar-refractivity contribution in [2.75, 3.05) is 13.2 Å². The summed E-state index contributed by atoms with van der Waals surface area (Å²) in [6.07, 6.45) is 2.93. The van der Waals surface area contributed by atoms with Gasteiger partial charge in [-0.05, 0) is 31.7 Å². The van der Waals surface area contributed by atoms with Crippen LogP contribution in [0.5, 0.6) is 5.75 Å². The molecule has 1 saturated heterocycles. The number of aromatic amines is 1. The van der Waals surface area contributed by atoms with Gasteiger partial charge in [-0.1, -0.05) is 37.0 Å². The SMILES string of the molecule is CC.Cc1c(COC2CCCCO2)[nH]c2c(Cl)c(Cl)cc(OCC#N)c12. The summed E-state index contributed by atoms with van der Waals surface area (Å²) < 4.78 is 16.9. The predicted molar refractivity (Wildman–Crippen MR) is 104 cm³/mol. The molecule has 1 aromatic heterocycles. The summed E-state index contributed by atoms with van der Waals surface area (Å²) in [5.41, 5.74) is 2.55. The Kier molecular flexibility index (Phi) is 8.05. The molecule has 0 spiro atoms. The van der Waals surface area contributed by atoms with Crippen molar-refractivity contribution in [2.24, 2.45) is 0 Å². The molecule has 1 atom stereocenters. The zero-order chi connectivity index (χ0) is 19.1. The monoisotopic (exact) mass is 398 g/mol.